The Kier molecular flexibility index (Phi) is 2.70. The van der Waals surface area contributed by atoms with Crippen LogP contribution in [0, 0.1) is 5.82 Å². The maximum Gasteiger partial charge on any atom is 0.148 e. The number of hydrogen-bond donors (Lipinski definition) is 1. The van der Waals surface area contributed by atoms with Crippen LogP contribution in [0.1, 0.15) is 5.69 Å². The molecule has 0 atom stereocenters. The summed E-state index contributed by atoms with van der Waals surface area (Å²) >= 11 is 5.63. The van der Waals surface area contributed by atoms with Gasteiger partial charge in [0.2, 0.25) is 0 Å². The predicted octanol–water partition coefficient (Wildman–Crippen LogP) is 2.16. The minimum absolute atomic E-state index is 0.164. The Morgan fingerprint density at radius 2 is 2.27 bits per heavy atom. The van der Waals surface area contributed by atoms with E-state index < -0.39 is 5.82 Å². The molecular formula is C10H8ClFN2O. The molecular weight excluding hydrogens is 219 g/mol. The number of rotatable bonds is 2. The van der Waals surface area contributed by atoms with Gasteiger partial charge < -0.3 is 9.67 Å². The molecule has 5 heteroatoms. The number of nitrogens with zero attached hydrogens (tertiary/aromatic N) is 2. The van der Waals surface area contributed by atoms with Gasteiger partial charge in [0.15, 0.2) is 0 Å². The Balaban J connectivity index is 2.44. The maximum absolute atomic E-state index is 13.5. The first-order valence-corrected chi connectivity index (χ1v) is 4.67. The van der Waals surface area contributed by atoms with E-state index in [1.165, 1.54) is 17.0 Å². The van der Waals surface area contributed by atoms with Crippen molar-refractivity contribution < 1.29 is 9.50 Å². The molecule has 0 amide bonds. The Morgan fingerprint density at radius 1 is 1.47 bits per heavy atom. The molecule has 78 valence electrons. The molecule has 3 nitrogen and oxygen atoms in total. The molecule has 0 fully saturated rings. The fourth-order valence-corrected chi connectivity index (χ4v) is 1.43. The van der Waals surface area contributed by atoms with Crippen LogP contribution in [-0.4, -0.2) is 14.7 Å². The van der Waals surface area contributed by atoms with Crippen molar-refractivity contribution in [2.75, 3.05) is 0 Å². The fourth-order valence-electron chi connectivity index (χ4n) is 1.27. The SMILES string of the molecule is OCc1cn(-c2ccc(Cl)cc2F)cn1. The Hall–Kier alpha value is -1.39. The summed E-state index contributed by atoms with van der Waals surface area (Å²) in [4.78, 5) is 3.89. The monoisotopic (exact) mass is 226 g/mol. The molecule has 0 aliphatic heterocycles. The van der Waals surface area contributed by atoms with Crippen LogP contribution in [0.5, 0.6) is 0 Å². The van der Waals surface area contributed by atoms with Crippen molar-refractivity contribution in [1.82, 2.24) is 9.55 Å². The average molecular weight is 227 g/mol. The topological polar surface area (TPSA) is 38.0 Å². The van der Waals surface area contributed by atoms with Crippen LogP contribution in [0.15, 0.2) is 30.7 Å². The second-order valence-electron chi connectivity index (χ2n) is 3.03. The maximum atomic E-state index is 13.5. The molecule has 0 saturated heterocycles. The number of benzene rings is 1. The van der Waals surface area contributed by atoms with Crippen LogP contribution in [0.3, 0.4) is 0 Å². The summed E-state index contributed by atoms with van der Waals surface area (Å²) in [5.41, 5.74) is 0.843. The van der Waals surface area contributed by atoms with Crippen LogP contribution in [-0.2, 0) is 6.61 Å². The molecule has 1 heterocycles. The summed E-state index contributed by atoms with van der Waals surface area (Å²) < 4.78 is 15.0. The molecule has 1 N–H and O–H groups in total. The summed E-state index contributed by atoms with van der Waals surface area (Å²) in [7, 11) is 0. The summed E-state index contributed by atoms with van der Waals surface area (Å²) in [6.45, 7) is -0.164. The van der Waals surface area contributed by atoms with Gasteiger partial charge in [-0.3, -0.25) is 0 Å². The van der Waals surface area contributed by atoms with E-state index in [0.717, 1.165) is 0 Å². The molecule has 0 bridgehead atoms. The van der Waals surface area contributed by atoms with Crippen LogP contribution in [0.2, 0.25) is 5.02 Å². The summed E-state index contributed by atoms with van der Waals surface area (Å²) in [5.74, 6) is -0.426. The van der Waals surface area contributed by atoms with E-state index in [1.54, 1.807) is 18.3 Å². The number of hydrogen-bond acceptors (Lipinski definition) is 2. The molecule has 0 saturated carbocycles. The van der Waals surface area contributed by atoms with E-state index in [2.05, 4.69) is 4.98 Å². The lowest BCUT2D eigenvalue weighted by atomic mass is 10.3. The number of aromatic nitrogens is 2. The zero-order valence-electron chi connectivity index (χ0n) is 7.69. The second-order valence-corrected chi connectivity index (χ2v) is 3.46. The van der Waals surface area contributed by atoms with E-state index in [0.29, 0.717) is 16.4 Å². The van der Waals surface area contributed by atoms with Gasteiger partial charge in [0.05, 0.1) is 24.3 Å². The van der Waals surface area contributed by atoms with E-state index in [-0.39, 0.29) is 6.61 Å². The Bertz CT molecular complexity index is 484. The standard InChI is InChI=1S/C10H8ClFN2O/c11-7-1-2-10(9(12)3-7)14-4-8(5-15)13-6-14/h1-4,6,15H,5H2. The van der Waals surface area contributed by atoms with Gasteiger partial charge in [-0.05, 0) is 18.2 Å². The van der Waals surface area contributed by atoms with Crippen molar-refractivity contribution in [3.05, 3.63) is 47.3 Å². The lowest BCUT2D eigenvalue weighted by Crippen LogP contribution is -1.94. The van der Waals surface area contributed by atoms with Gasteiger partial charge in [-0.15, -0.1) is 0 Å². The van der Waals surface area contributed by atoms with Gasteiger partial charge in [0.1, 0.15) is 5.82 Å². The highest BCUT2D eigenvalue weighted by Gasteiger charge is 2.05. The summed E-state index contributed by atoms with van der Waals surface area (Å²) in [6.07, 6.45) is 3.00. The molecule has 1 aromatic heterocycles. The lowest BCUT2D eigenvalue weighted by molar-refractivity contribution is 0.277. The molecule has 2 rings (SSSR count). The minimum atomic E-state index is -0.426. The van der Waals surface area contributed by atoms with Crippen molar-refractivity contribution in [2.45, 2.75) is 6.61 Å². The zero-order valence-corrected chi connectivity index (χ0v) is 8.45. The van der Waals surface area contributed by atoms with Crippen molar-refractivity contribution >= 4 is 11.6 Å². The van der Waals surface area contributed by atoms with Gasteiger partial charge in [-0.2, -0.15) is 0 Å². The Morgan fingerprint density at radius 3 is 2.87 bits per heavy atom. The second kappa shape index (κ2) is 4.00. The normalized spacial score (nSPS) is 10.6. The first-order chi connectivity index (χ1) is 7.20. The molecule has 0 spiro atoms. The highest BCUT2D eigenvalue weighted by atomic mass is 35.5. The molecule has 0 radical (unpaired) electrons. The average Bonchev–Trinajstić information content (AvgIpc) is 2.66. The minimum Gasteiger partial charge on any atom is -0.390 e. The van der Waals surface area contributed by atoms with Crippen LogP contribution >= 0.6 is 11.6 Å². The number of aliphatic hydroxyl groups is 1. The van der Waals surface area contributed by atoms with Crippen LogP contribution in [0.4, 0.5) is 4.39 Å². The third-order valence-corrected chi connectivity index (χ3v) is 2.22. The fraction of sp³-hybridized carbons (Fsp3) is 0.100. The quantitative estimate of drug-likeness (QED) is 0.852. The number of halogens is 2. The Labute approximate surface area is 90.8 Å². The van der Waals surface area contributed by atoms with E-state index >= 15 is 0 Å². The van der Waals surface area contributed by atoms with Gasteiger partial charge in [0.25, 0.3) is 0 Å². The van der Waals surface area contributed by atoms with Crippen LogP contribution < -0.4 is 0 Å². The van der Waals surface area contributed by atoms with E-state index in [1.807, 2.05) is 0 Å². The molecule has 0 aliphatic rings. The van der Waals surface area contributed by atoms with E-state index in [4.69, 9.17) is 16.7 Å². The number of imidazole rings is 1. The van der Waals surface area contributed by atoms with Gasteiger partial charge >= 0.3 is 0 Å². The van der Waals surface area contributed by atoms with Crippen molar-refractivity contribution in [3.63, 3.8) is 0 Å². The predicted molar refractivity (Wildman–Crippen MR) is 54.5 cm³/mol. The summed E-state index contributed by atoms with van der Waals surface area (Å²) in [5, 5.41) is 9.17. The first kappa shape index (κ1) is 10.1. The lowest BCUT2D eigenvalue weighted by Gasteiger charge is -2.03. The smallest absolute Gasteiger partial charge is 0.148 e. The highest BCUT2D eigenvalue weighted by molar-refractivity contribution is 6.30. The molecule has 15 heavy (non-hydrogen) atoms. The third-order valence-electron chi connectivity index (χ3n) is 1.99. The molecule has 0 aliphatic carbocycles. The molecule has 0 unspecified atom stereocenters. The van der Waals surface area contributed by atoms with Crippen molar-refractivity contribution in [1.29, 1.82) is 0 Å². The molecule has 2 aromatic rings. The van der Waals surface area contributed by atoms with Crippen molar-refractivity contribution in [3.8, 4) is 5.69 Å². The number of aliphatic hydroxyl groups excluding tert-OH is 1. The third kappa shape index (κ3) is 2.00. The highest BCUT2D eigenvalue weighted by Crippen LogP contribution is 2.18. The van der Waals surface area contributed by atoms with Crippen molar-refractivity contribution in [2.24, 2.45) is 0 Å². The zero-order chi connectivity index (χ0) is 10.8. The molecule has 1 aromatic carbocycles. The largest absolute Gasteiger partial charge is 0.390 e. The van der Waals surface area contributed by atoms with Gasteiger partial charge in [0, 0.05) is 11.2 Å². The van der Waals surface area contributed by atoms with Gasteiger partial charge in [-0.25, -0.2) is 9.37 Å². The van der Waals surface area contributed by atoms with Gasteiger partial charge in [-0.1, -0.05) is 11.6 Å². The van der Waals surface area contributed by atoms with Crippen LogP contribution in [0.25, 0.3) is 5.69 Å². The summed E-state index contributed by atoms with van der Waals surface area (Å²) in [6, 6.07) is 4.38. The van der Waals surface area contributed by atoms with E-state index in [9.17, 15) is 4.39 Å². The first-order valence-electron chi connectivity index (χ1n) is 4.30.